The lowest BCUT2D eigenvalue weighted by Crippen LogP contribution is -2.22. The van der Waals surface area contributed by atoms with Crippen LogP contribution in [-0.4, -0.2) is 11.6 Å². The van der Waals surface area contributed by atoms with Crippen LogP contribution in [0.2, 0.25) is 0 Å². The normalized spacial score (nSPS) is 11.5. The van der Waals surface area contributed by atoms with Gasteiger partial charge in [-0.3, -0.25) is 0 Å². The Morgan fingerprint density at radius 1 is 1.12 bits per heavy atom. The maximum atomic E-state index is 11.8. The summed E-state index contributed by atoms with van der Waals surface area (Å²) in [6, 6.07) is 15.6. The van der Waals surface area contributed by atoms with Gasteiger partial charge in [-0.05, 0) is 44.5 Å². The molecule has 2 aromatic rings. The maximum absolute atomic E-state index is 11.8. The summed E-state index contributed by atoms with van der Waals surface area (Å²) in [7, 11) is 0. The third-order valence-electron chi connectivity index (χ3n) is 3.02. The van der Waals surface area contributed by atoms with Crippen molar-refractivity contribution in [3.8, 4) is 5.75 Å². The average molecular weight is 389 g/mol. The van der Waals surface area contributed by atoms with Crippen molar-refractivity contribution in [2.24, 2.45) is 0 Å². The molecule has 0 aliphatic heterocycles. The molecule has 0 atom stereocenters. The first-order valence-electron chi connectivity index (χ1n) is 7.71. The number of halogens is 1. The first-order chi connectivity index (χ1) is 11.3. The minimum atomic E-state index is -0.506. The zero-order valence-electron chi connectivity index (χ0n) is 14.1. The zero-order chi connectivity index (χ0) is 17.6. The van der Waals surface area contributed by atoms with Crippen molar-refractivity contribution in [3.63, 3.8) is 0 Å². The number of hydrogen-bond donors (Lipinski definition) is 0. The third kappa shape index (κ3) is 6.20. The maximum Gasteiger partial charge on any atom is 0.331 e. The summed E-state index contributed by atoms with van der Waals surface area (Å²) in [6.07, 6.45) is 3.13. The van der Waals surface area contributed by atoms with Crippen molar-refractivity contribution in [2.45, 2.75) is 33.0 Å². The lowest BCUT2D eigenvalue weighted by molar-refractivity contribution is -0.148. The number of carbonyl (C=O) groups excluding carboxylic acids is 1. The van der Waals surface area contributed by atoms with Crippen LogP contribution >= 0.6 is 15.9 Å². The molecule has 0 saturated heterocycles. The number of ether oxygens (including phenoxy) is 2. The van der Waals surface area contributed by atoms with E-state index in [9.17, 15) is 4.79 Å². The summed E-state index contributed by atoms with van der Waals surface area (Å²) < 4.78 is 12.1. The van der Waals surface area contributed by atoms with E-state index in [0.29, 0.717) is 12.4 Å². The van der Waals surface area contributed by atoms with Gasteiger partial charge in [0.05, 0.1) is 0 Å². The van der Waals surface area contributed by atoms with Gasteiger partial charge in [0.2, 0.25) is 0 Å². The quantitative estimate of drug-likeness (QED) is 0.509. The fourth-order valence-corrected chi connectivity index (χ4v) is 2.34. The molecular formula is C20H21BrO3. The molecule has 0 aliphatic carbocycles. The van der Waals surface area contributed by atoms with E-state index in [4.69, 9.17) is 9.47 Å². The number of carbonyl (C=O) groups is 1. The first kappa shape index (κ1) is 18.3. The largest absolute Gasteiger partial charge is 0.488 e. The summed E-state index contributed by atoms with van der Waals surface area (Å²) in [4.78, 5) is 11.8. The monoisotopic (exact) mass is 388 g/mol. The van der Waals surface area contributed by atoms with Crippen molar-refractivity contribution in [2.75, 3.05) is 0 Å². The second-order valence-corrected chi connectivity index (χ2v) is 7.24. The van der Waals surface area contributed by atoms with Crippen molar-refractivity contribution >= 4 is 28.0 Å². The Morgan fingerprint density at radius 3 is 2.50 bits per heavy atom. The Bertz CT molecular complexity index is 715. The van der Waals surface area contributed by atoms with Gasteiger partial charge in [0, 0.05) is 16.1 Å². The van der Waals surface area contributed by atoms with Crippen LogP contribution in [0.5, 0.6) is 5.75 Å². The number of hydrogen-bond acceptors (Lipinski definition) is 3. The molecule has 2 aromatic carbocycles. The highest BCUT2D eigenvalue weighted by Crippen LogP contribution is 2.26. The molecule has 0 radical (unpaired) electrons. The molecule has 4 heteroatoms. The van der Waals surface area contributed by atoms with Crippen LogP contribution in [-0.2, 0) is 16.1 Å². The molecule has 0 aromatic heterocycles. The second kappa shape index (κ2) is 8.15. The van der Waals surface area contributed by atoms with E-state index < -0.39 is 5.60 Å². The molecular weight excluding hydrogens is 368 g/mol. The molecule has 0 spiro atoms. The van der Waals surface area contributed by atoms with Crippen molar-refractivity contribution in [1.29, 1.82) is 0 Å². The van der Waals surface area contributed by atoms with Gasteiger partial charge in [0.1, 0.15) is 18.0 Å². The fraction of sp³-hybridized carbons (Fsp3) is 0.250. The van der Waals surface area contributed by atoms with Crippen LogP contribution < -0.4 is 4.74 Å². The second-order valence-electron chi connectivity index (χ2n) is 6.32. The van der Waals surface area contributed by atoms with Crippen LogP contribution in [0, 0.1) is 0 Å². The van der Waals surface area contributed by atoms with Crippen LogP contribution in [0.1, 0.15) is 31.9 Å². The van der Waals surface area contributed by atoms with E-state index in [0.717, 1.165) is 15.6 Å². The van der Waals surface area contributed by atoms with Crippen LogP contribution in [0.25, 0.3) is 6.08 Å². The Balaban J connectivity index is 2.11. The van der Waals surface area contributed by atoms with E-state index in [1.807, 2.05) is 69.3 Å². The topological polar surface area (TPSA) is 35.5 Å². The fourth-order valence-electron chi connectivity index (χ4n) is 2.00. The minimum Gasteiger partial charge on any atom is -0.488 e. The molecule has 0 aliphatic rings. The van der Waals surface area contributed by atoms with Gasteiger partial charge >= 0.3 is 5.97 Å². The van der Waals surface area contributed by atoms with E-state index in [2.05, 4.69) is 15.9 Å². The molecule has 0 saturated carbocycles. The standard InChI is InChI=1S/C20H21BrO3/c1-20(2,3)24-19(22)12-10-16-9-11-17(21)13-18(16)23-14-15-7-5-4-6-8-15/h4-13H,14H2,1-3H3/b12-10+. The Hall–Kier alpha value is -2.07. The predicted molar refractivity (Wildman–Crippen MR) is 99.8 cm³/mol. The average Bonchev–Trinajstić information content (AvgIpc) is 2.51. The summed E-state index contributed by atoms with van der Waals surface area (Å²) in [5.41, 5.74) is 1.40. The molecule has 0 amide bonds. The molecule has 126 valence electrons. The highest BCUT2D eigenvalue weighted by atomic mass is 79.9. The van der Waals surface area contributed by atoms with E-state index >= 15 is 0 Å². The van der Waals surface area contributed by atoms with Gasteiger partial charge in [-0.25, -0.2) is 4.79 Å². The molecule has 0 heterocycles. The molecule has 0 bridgehead atoms. The highest BCUT2D eigenvalue weighted by molar-refractivity contribution is 9.10. The van der Waals surface area contributed by atoms with Gasteiger partial charge in [0.25, 0.3) is 0 Å². The lowest BCUT2D eigenvalue weighted by atomic mass is 10.1. The highest BCUT2D eigenvalue weighted by Gasteiger charge is 2.14. The molecule has 24 heavy (non-hydrogen) atoms. The van der Waals surface area contributed by atoms with Crippen molar-refractivity contribution in [1.82, 2.24) is 0 Å². The smallest absolute Gasteiger partial charge is 0.331 e. The minimum absolute atomic E-state index is 0.376. The Labute approximate surface area is 151 Å². The number of rotatable bonds is 5. The SMILES string of the molecule is CC(C)(C)OC(=O)/C=C/c1ccc(Br)cc1OCc1ccccc1. The van der Waals surface area contributed by atoms with Gasteiger partial charge in [-0.1, -0.05) is 52.3 Å². The molecule has 0 unspecified atom stereocenters. The lowest BCUT2D eigenvalue weighted by Gasteiger charge is -2.18. The van der Waals surface area contributed by atoms with Gasteiger partial charge in [-0.2, -0.15) is 0 Å². The molecule has 0 fully saturated rings. The van der Waals surface area contributed by atoms with Crippen LogP contribution in [0.15, 0.2) is 59.1 Å². The summed E-state index contributed by atoms with van der Waals surface area (Å²) in [6.45, 7) is 5.98. The van der Waals surface area contributed by atoms with Crippen molar-refractivity contribution < 1.29 is 14.3 Å². The molecule has 0 N–H and O–H groups in total. The van der Waals surface area contributed by atoms with Crippen LogP contribution in [0.3, 0.4) is 0 Å². The first-order valence-corrected chi connectivity index (χ1v) is 8.50. The number of benzene rings is 2. The summed E-state index contributed by atoms with van der Waals surface area (Å²) >= 11 is 3.45. The summed E-state index contributed by atoms with van der Waals surface area (Å²) in [5, 5.41) is 0. The summed E-state index contributed by atoms with van der Waals surface area (Å²) in [5.74, 6) is 0.326. The molecule has 3 nitrogen and oxygen atoms in total. The predicted octanol–water partition coefficient (Wildman–Crippen LogP) is 5.38. The van der Waals surface area contributed by atoms with E-state index in [1.165, 1.54) is 6.08 Å². The number of esters is 1. The Kier molecular flexibility index (Phi) is 6.21. The third-order valence-corrected chi connectivity index (χ3v) is 3.51. The Morgan fingerprint density at radius 2 is 1.83 bits per heavy atom. The van der Waals surface area contributed by atoms with Gasteiger partial charge < -0.3 is 9.47 Å². The van der Waals surface area contributed by atoms with Crippen molar-refractivity contribution in [3.05, 3.63) is 70.2 Å². The van der Waals surface area contributed by atoms with Gasteiger partial charge in [0.15, 0.2) is 0 Å². The van der Waals surface area contributed by atoms with Crippen LogP contribution in [0.4, 0.5) is 0 Å². The molecule has 2 rings (SSSR count). The van der Waals surface area contributed by atoms with Gasteiger partial charge in [-0.15, -0.1) is 0 Å². The van der Waals surface area contributed by atoms with E-state index in [-0.39, 0.29) is 5.97 Å². The van der Waals surface area contributed by atoms with E-state index in [1.54, 1.807) is 6.08 Å². The zero-order valence-corrected chi connectivity index (χ0v) is 15.7.